The number of benzene rings is 1. The zero-order valence-electron chi connectivity index (χ0n) is 7.70. The summed E-state index contributed by atoms with van der Waals surface area (Å²) in [6.07, 6.45) is 0.0604. The fraction of sp³-hybridized carbons (Fsp3) is 0.222. The molecule has 1 N–H and O–H groups in total. The smallest absolute Gasteiger partial charge is 0.307 e. The third kappa shape index (κ3) is 2.51. The number of carboxylic acid groups (broad SMARTS) is 1. The Morgan fingerprint density at radius 1 is 1.62 bits per heavy atom. The van der Waals surface area contributed by atoms with Crippen LogP contribution in [0.15, 0.2) is 18.2 Å². The van der Waals surface area contributed by atoms with Crippen LogP contribution in [0, 0.1) is 0 Å². The van der Waals surface area contributed by atoms with Gasteiger partial charge in [0.05, 0.1) is 13.5 Å². The van der Waals surface area contributed by atoms with Crippen molar-refractivity contribution in [3.63, 3.8) is 0 Å². The summed E-state index contributed by atoms with van der Waals surface area (Å²) >= 11 is 0. The Balaban J connectivity index is 2.89. The van der Waals surface area contributed by atoms with E-state index in [0.29, 0.717) is 0 Å². The lowest BCUT2D eigenvalue weighted by Gasteiger charge is -2.05. The Labute approximate surface area is 77.7 Å². The molecule has 68 valence electrons. The highest BCUT2D eigenvalue weighted by atomic mass is 16.5. The van der Waals surface area contributed by atoms with E-state index in [0.717, 1.165) is 16.8 Å². The van der Waals surface area contributed by atoms with Crippen LogP contribution in [0.2, 0.25) is 0 Å². The van der Waals surface area contributed by atoms with Gasteiger partial charge < -0.3 is 9.84 Å². The van der Waals surface area contributed by atoms with Crippen LogP contribution in [-0.4, -0.2) is 26.0 Å². The summed E-state index contributed by atoms with van der Waals surface area (Å²) in [7, 11) is 3.49. The number of hydrogen-bond donors (Lipinski definition) is 1. The first kappa shape index (κ1) is 9.64. The highest BCUT2D eigenvalue weighted by Gasteiger charge is 2.02. The minimum absolute atomic E-state index is 0.0604. The summed E-state index contributed by atoms with van der Waals surface area (Å²) < 4.78 is 5.06. The maximum atomic E-state index is 10.4. The van der Waals surface area contributed by atoms with Gasteiger partial charge in [-0.15, -0.1) is 0 Å². The first-order chi connectivity index (χ1) is 6.13. The predicted molar refractivity (Wildman–Crippen MR) is 52.5 cm³/mol. The number of carboxylic acids is 1. The summed E-state index contributed by atoms with van der Waals surface area (Å²) in [5.41, 5.74) is 1.76. The van der Waals surface area contributed by atoms with Crippen LogP contribution in [0.5, 0.6) is 5.75 Å². The minimum atomic E-state index is -0.815. The number of aliphatic carboxylic acids is 1. The molecule has 0 fully saturated rings. The normalized spacial score (nSPS) is 9.62. The zero-order chi connectivity index (χ0) is 9.84. The Hall–Kier alpha value is -1.45. The molecule has 0 amide bonds. The Bertz CT molecular complexity index is 323. The molecule has 3 nitrogen and oxygen atoms in total. The molecule has 0 aliphatic rings. The van der Waals surface area contributed by atoms with Crippen LogP contribution >= 0.6 is 0 Å². The van der Waals surface area contributed by atoms with Crippen molar-refractivity contribution < 1.29 is 14.6 Å². The van der Waals surface area contributed by atoms with Crippen molar-refractivity contribution in [1.29, 1.82) is 0 Å². The van der Waals surface area contributed by atoms with Gasteiger partial charge in [-0.05, 0) is 17.1 Å². The Morgan fingerprint density at radius 3 is 2.77 bits per heavy atom. The van der Waals surface area contributed by atoms with Gasteiger partial charge in [-0.2, -0.15) is 0 Å². The van der Waals surface area contributed by atoms with Crippen LogP contribution in [0.4, 0.5) is 0 Å². The summed E-state index contributed by atoms with van der Waals surface area (Å²) in [6.45, 7) is 0. The average molecular weight is 178 g/mol. The highest BCUT2D eigenvalue weighted by molar-refractivity contribution is 6.34. The SMILES string of the molecule is Bc1cc(CC(=O)O)ccc1OC. The zero-order valence-corrected chi connectivity index (χ0v) is 7.70. The van der Waals surface area contributed by atoms with Gasteiger partial charge in [0.25, 0.3) is 0 Å². The standard InChI is InChI=1S/C9H11BO3/c1-13-8-3-2-6(4-7(8)10)5-9(11)12/h2-4H,5,10H2,1H3,(H,11,12). The van der Waals surface area contributed by atoms with Crippen molar-refractivity contribution in [2.75, 3.05) is 7.11 Å². The molecular formula is C9H11BO3. The van der Waals surface area contributed by atoms with Crippen LogP contribution in [0.3, 0.4) is 0 Å². The topological polar surface area (TPSA) is 46.5 Å². The number of carbonyl (C=O) groups is 1. The van der Waals surface area contributed by atoms with E-state index in [1.54, 1.807) is 19.2 Å². The van der Waals surface area contributed by atoms with Crippen LogP contribution in [0.1, 0.15) is 5.56 Å². The van der Waals surface area contributed by atoms with Crippen molar-refractivity contribution in [2.45, 2.75) is 6.42 Å². The summed E-state index contributed by atoms with van der Waals surface area (Å²) in [5, 5.41) is 8.55. The monoisotopic (exact) mass is 178 g/mol. The maximum Gasteiger partial charge on any atom is 0.307 e. The lowest BCUT2D eigenvalue weighted by Crippen LogP contribution is -2.10. The van der Waals surface area contributed by atoms with Gasteiger partial charge in [-0.3, -0.25) is 4.79 Å². The molecule has 0 atom stereocenters. The molecule has 1 aromatic carbocycles. The van der Waals surface area contributed by atoms with Crippen LogP contribution < -0.4 is 10.2 Å². The molecule has 13 heavy (non-hydrogen) atoms. The number of rotatable bonds is 3. The molecule has 1 aromatic rings. The molecule has 0 saturated heterocycles. The molecule has 4 heteroatoms. The molecule has 0 unspecified atom stereocenters. The van der Waals surface area contributed by atoms with E-state index in [2.05, 4.69) is 0 Å². The number of methoxy groups -OCH3 is 1. The molecule has 0 saturated carbocycles. The maximum absolute atomic E-state index is 10.4. The molecule has 0 heterocycles. The van der Waals surface area contributed by atoms with E-state index < -0.39 is 5.97 Å². The van der Waals surface area contributed by atoms with Gasteiger partial charge >= 0.3 is 5.97 Å². The summed E-state index contributed by atoms with van der Waals surface area (Å²) in [6, 6.07) is 5.38. The largest absolute Gasteiger partial charge is 0.497 e. The van der Waals surface area contributed by atoms with E-state index in [1.807, 2.05) is 13.9 Å². The van der Waals surface area contributed by atoms with E-state index in [4.69, 9.17) is 9.84 Å². The first-order valence-electron chi connectivity index (χ1n) is 3.99. The lowest BCUT2D eigenvalue weighted by molar-refractivity contribution is -0.136. The molecule has 1 rings (SSSR count). The van der Waals surface area contributed by atoms with Gasteiger partial charge in [0.1, 0.15) is 13.6 Å². The number of hydrogen-bond acceptors (Lipinski definition) is 2. The van der Waals surface area contributed by atoms with Gasteiger partial charge in [0.2, 0.25) is 0 Å². The second kappa shape index (κ2) is 3.98. The molecule has 0 aliphatic carbocycles. The minimum Gasteiger partial charge on any atom is -0.497 e. The van der Waals surface area contributed by atoms with E-state index in [-0.39, 0.29) is 6.42 Å². The molecule has 0 radical (unpaired) electrons. The van der Waals surface area contributed by atoms with Crippen molar-refractivity contribution >= 4 is 19.3 Å². The fourth-order valence-electron chi connectivity index (χ4n) is 1.23. The molecular weight excluding hydrogens is 167 g/mol. The molecule has 0 spiro atoms. The van der Waals surface area contributed by atoms with Crippen molar-refractivity contribution in [1.82, 2.24) is 0 Å². The second-order valence-corrected chi connectivity index (χ2v) is 2.87. The van der Waals surface area contributed by atoms with Gasteiger partial charge in [-0.1, -0.05) is 12.1 Å². The summed E-state index contributed by atoms with van der Waals surface area (Å²) in [4.78, 5) is 10.4. The predicted octanol–water partition coefficient (Wildman–Crippen LogP) is -0.419. The molecule has 0 bridgehead atoms. The quantitative estimate of drug-likeness (QED) is 0.639. The van der Waals surface area contributed by atoms with E-state index in [9.17, 15) is 4.79 Å². The van der Waals surface area contributed by atoms with Crippen LogP contribution in [-0.2, 0) is 11.2 Å². The van der Waals surface area contributed by atoms with Gasteiger partial charge in [0.15, 0.2) is 0 Å². The van der Waals surface area contributed by atoms with Crippen molar-refractivity contribution in [2.24, 2.45) is 0 Å². The highest BCUT2D eigenvalue weighted by Crippen LogP contribution is 2.08. The van der Waals surface area contributed by atoms with E-state index in [1.165, 1.54) is 0 Å². The third-order valence-corrected chi connectivity index (χ3v) is 1.81. The van der Waals surface area contributed by atoms with Crippen molar-refractivity contribution in [3.05, 3.63) is 23.8 Å². The summed E-state index contributed by atoms with van der Waals surface area (Å²) in [5.74, 6) is -0.0290. The third-order valence-electron chi connectivity index (χ3n) is 1.81. The number of ether oxygens (including phenoxy) is 1. The van der Waals surface area contributed by atoms with Gasteiger partial charge in [-0.25, -0.2) is 0 Å². The lowest BCUT2D eigenvalue weighted by atomic mass is 9.92. The Morgan fingerprint density at radius 2 is 2.31 bits per heavy atom. The van der Waals surface area contributed by atoms with Crippen molar-refractivity contribution in [3.8, 4) is 5.75 Å². The second-order valence-electron chi connectivity index (χ2n) is 2.87. The fourth-order valence-corrected chi connectivity index (χ4v) is 1.23. The van der Waals surface area contributed by atoms with E-state index >= 15 is 0 Å². The van der Waals surface area contributed by atoms with Crippen LogP contribution in [0.25, 0.3) is 0 Å². The molecule has 0 aromatic heterocycles. The Kier molecular flexibility index (Phi) is 2.95. The average Bonchev–Trinajstić information content (AvgIpc) is 2.03. The first-order valence-corrected chi connectivity index (χ1v) is 3.99. The molecule has 0 aliphatic heterocycles. The van der Waals surface area contributed by atoms with Gasteiger partial charge in [0, 0.05) is 0 Å².